The van der Waals surface area contributed by atoms with Crippen molar-refractivity contribution in [3.8, 4) is 0 Å². The summed E-state index contributed by atoms with van der Waals surface area (Å²) in [5.74, 6) is -0.253. The minimum Gasteiger partial charge on any atom is -0.207 e. The van der Waals surface area contributed by atoms with E-state index in [2.05, 4.69) is 0 Å². The Bertz CT molecular complexity index is 217. The van der Waals surface area contributed by atoms with E-state index in [0.29, 0.717) is 13.6 Å². The van der Waals surface area contributed by atoms with Gasteiger partial charge in [-0.15, -0.1) is 0 Å². The summed E-state index contributed by atoms with van der Waals surface area (Å²) in [7, 11) is 0.598. The Morgan fingerprint density at radius 3 is 2.60 bits per heavy atom. The van der Waals surface area contributed by atoms with Crippen LogP contribution >= 0.6 is 20.2 Å². The molecule has 0 nitrogen and oxygen atoms in total. The monoisotopic (exact) mass is 176 g/mol. The zero-order valence-corrected chi connectivity index (χ0v) is 7.24. The fourth-order valence-electron chi connectivity index (χ4n) is 0.698. The number of hydrogen-bond donors (Lipinski definition) is 0. The van der Waals surface area contributed by atoms with Crippen molar-refractivity contribution in [2.75, 3.05) is 6.66 Å². The third-order valence-electron chi connectivity index (χ3n) is 1.15. The van der Waals surface area contributed by atoms with E-state index in [-0.39, 0.29) is 5.82 Å². The highest BCUT2D eigenvalue weighted by Gasteiger charge is 1.95. The van der Waals surface area contributed by atoms with Crippen molar-refractivity contribution >= 4 is 25.5 Å². The molecule has 1 atom stereocenters. The summed E-state index contributed by atoms with van der Waals surface area (Å²) in [6.45, 7) is 1.99. The average Bonchev–Trinajstić information content (AvgIpc) is 1.85. The smallest absolute Gasteiger partial charge is 0.125 e. The van der Waals surface area contributed by atoms with Gasteiger partial charge in [0.2, 0.25) is 0 Å². The summed E-state index contributed by atoms with van der Waals surface area (Å²) in [6.07, 6.45) is 0. The molecule has 0 heterocycles. The molecule has 1 aromatic carbocycles. The van der Waals surface area contributed by atoms with Gasteiger partial charge < -0.3 is 0 Å². The first-order valence-corrected chi connectivity index (χ1v) is 4.74. The Morgan fingerprint density at radius 2 is 2.10 bits per heavy atom. The summed E-state index contributed by atoms with van der Waals surface area (Å²) in [5.41, 5.74) is 0. The highest BCUT2D eigenvalue weighted by Crippen LogP contribution is 2.12. The van der Waals surface area contributed by atoms with E-state index >= 15 is 0 Å². The van der Waals surface area contributed by atoms with E-state index < -0.39 is 0 Å². The summed E-state index contributed by atoms with van der Waals surface area (Å²) < 4.78 is 12.5. The molecule has 0 N–H and O–H groups in total. The molecule has 0 saturated heterocycles. The molecule has 0 aromatic heterocycles. The van der Waals surface area contributed by atoms with Crippen molar-refractivity contribution in [3.63, 3.8) is 0 Å². The van der Waals surface area contributed by atoms with Gasteiger partial charge in [0.25, 0.3) is 0 Å². The van der Waals surface area contributed by atoms with Crippen molar-refractivity contribution in [3.05, 3.63) is 29.0 Å². The third kappa shape index (κ3) is 1.93. The van der Waals surface area contributed by atoms with Gasteiger partial charge in [-0.2, -0.15) is 0 Å². The molecule has 0 fully saturated rings. The van der Waals surface area contributed by atoms with E-state index in [9.17, 15) is 4.39 Å². The van der Waals surface area contributed by atoms with Crippen molar-refractivity contribution in [1.82, 2.24) is 0 Å². The van der Waals surface area contributed by atoms with Crippen molar-refractivity contribution in [2.24, 2.45) is 0 Å². The SMILES string of the molecule is CPc1cc(F)cc(Cl)c1. The highest BCUT2D eigenvalue weighted by atomic mass is 35.5. The highest BCUT2D eigenvalue weighted by molar-refractivity contribution is 7.46. The van der Waals surface area contributed by atoms with Gasteiger partial charge in [0.15, 0.2) is 0 Å². The number of hydrogen-bond acceptors (Lipinski definition) is 0. The zero-order valence-electron chi connectivity index (χ0n) is 5.49. The van der Waals surface area contributed by atoms with Crippen molar-refractivity contribution < 1.29 is 4.39 Å². The largest absolute Gasteiger partial charge is 0.207 e. The predicted molar refractivity (Wildman–Crippen MR) is 45.3 cm³/mol. The van der Waals surface area contributed by atoms with E-state index in [1.165, 1.54) is 12.1 Å². The first kappa shape index (κ1) is 7.97. The summed E-state index contributed by atoms with van der Waals surface area (Å²) in [5, 5.41) is 1.44. The van der Waals surface area contributed by atoms with E-state index in [0.717, 1.165) is 5.30 Å². The summed E-state index contributed by atoms with van der Waals surface area (Å²) >= 11 is 5.59. The van der Waals surface area contributed by atoms with Gasteiger partial charge in [-0.25, -0.2) is 4.39 Å². The van der Waals surface area contributed by atoms with E-state index in [1.54, 1.807) is 6.07 Å². The Hall–Kier alpha value is -0.130. The average molecular weight is 177 g/mol. The first-order valence-electron chi connectivity index (χ1n) is 2.86. The van der Waals surface area contributed by atoms with Crippen LogP contribution in [0.3, 0.4) is 0 Å². The van der Waals surface area contributed by atoms with Crippen LogP contribution in [-0.4, -0.2) is 6.66 Å². The summed E-state index contributed by atoms with van der Waals surface area (Å²) in [4.78, 5) is 0. The van der Waals surface area contributed by atoms with Crippen LogP contribution in [0.15, 0.2) is 18.2 Å². The fourth-order valence-corrected chi connectivity index (χ4v) is 1.59. The second kappa shape index (κ2) is 3.32. The second-order valence-electron chi connectivity index (χ2n) is 1.91. The Balaban J connectivity index is 3.06. The lowest BCUT2D eigenvalue weighted by molar-refractivity contribution is 0.629. The molecule has 0 bridgehead atoms. The van der Waals surface area contributed by atoms with Gasteiger partial charge in [-0.1, -0.05) is 20.2 Å². The van der Waals surface area contributed by atoms with Crippen LogP contribution in [0.4, 0.5) is 4.39 Å². The first-order chi connectivity index (χ1) is 4.72. The third-order valence-corrected chi connectivity index (χ3v) is 2.24. The van der Waals surface area contributed by atoms with E-state index in [1.807, 2.05) is 6.66 Å². The maximum atomic E-state index is 12.5. The maximum Gasteiger partial charge on any atom is 0.125 e. The molecule has 0 aliphatic heterocycles. The van der Waals surface area contributed by atoms with Crippen molar-refractivity contribution in [1.29, 1.82) is 0 Å². The molecule has 54 valence electrons. The van der Waals surface area contributed by atoms with Gasteiger partial charge in [-0.3, -0.25) is 0 Å². The molecule has 1 unspecified atom stereocenters. The number of rotatable bonds is 1. The van der Waals surface area contributed by atoms with Crippen LogP contribution in [0.1, 0.15) is 0 Å². The lowest BCUT2D eigenvalue weighted by atomic mass is 10.3. The van der Waals surface area contributed by atoms with Crippen LogP contribution in [-0.2, 0) is 0 Å². The lowest BCUT2D eigenvalue weighted by Crippen LogP contribution is -1.93. The zero-order chi connectivity index (χ0) is 7.56. The van der Waals surface area contributed by atoms with Gasteiger partial charge in [-0.05, 0) is 30.2 Å². The molecule has 0 radical (unpaired) electrons. The van der Waals surface area contributed by atoms with Gasteiger partial charge in [0.05, 0.1) is 0 Å². The van der Waals surface area contributed by atoms with Crippen molar-refractivity contribution in [2.45, 2.75) is 0 Å². The topological polar surface area (TPSA) is 0 Å². The molecule has 0 aliphatic carbocycles. The minimum atomic E-state index is -0.253. The minimum absolute atomic E-state index is 0.253. The molecule has 3 heteroatoms. The Morgan fingerprint density at radius 1 is 1.40 bits per heavy atom. The second-order valence-corrected chi connectivity index (χ2v) is 3.42. The Kier molecular flexibility index (Phi) is 2.64. The molecule has 1 rings (SSSR count). The Labute approximate surface area is 66.2 Å². The van der Waals surface area contributed by atoms with Crippen LogP contribution in [0, 0.1) is 5.82 Å². The van der Waals surface area contributed by atoms with Crippen LogP contribution in [0.2, 0.25) is 5.02 Å². The molecular formula is C7H7ClFP. The quantitative estimate of drug-likeness (QED) is 0.577. The maximum absolute atomic E-state index is 12.5. The fraction of sp³-hybridized carbons (Fsp3) is 0.143. The lowest BCUT2D eigenvalue weighted by Gasteiger charge is -1.96. The number of benzene rings is 1. The molecule has 10 heavy (non-hydrogen) atoms. The van der Waals surface area contributed by atoms with Gasteiger partial charge in [0, 0.05) is 5.02 Å². The van der Waals surface area contributed by atoms with Gasteiger partial charge in [0.1, 0.15) is 5.82 Å². The molecule has 0 amide bonds. The van der Waals surface area contributed by atoms with Crippen LogP contribution < -0.4 is 5.30 Å². The molecule has 0 spiro atoms. The standard InChI is InChI=1S/C7H7ClFP/c1-10-7-3-5(8)2-6(9)4-7/h2-4,10H,1H3. The molecule has 0 aliphatic rings. The van der Waals surface area contributed by atoms with Crippen LogP contribution in [0.5, 0.6) is 0 Å². The van der Waals surface area contributed by atoms with Gasteiger partial charge >= 0.3 is 0 Å². The normalized spacial score (nSPS) is 11.1. The van der Waals surface area contributed by atoms with Crippen LogP contribution in [0.25, 0.3) is 0 Å². The molecule has 0 saturated carbocycles. The summed E-state index contributed by atoms with van der Waals surface area (Å²) in [6, 6.07) is 4.60. The van der Waals surface area contributed by atoms with E-state index in [4.69, 9.17) is 11.6 Å². The molecular weight excluding hydrogens is 170 g/mol. The predicted octanol–water partition coefficient (Wildman–Crippen LogP) is 2.41. The number of halogens is 2. The molecule has 1 aromatic rings.